The number of ether oxygens (including phenoxy) is 1. The van der Waals surface area contributed by atoms with Crippen molar-refractivity contribution in [2.24, 2.45) is 0 Å². The molecular weight excluding hydrogens is 370 g/mol. The Balaban J connectivity index is 1.89. The van der Waals surface area contributed by atoms with Gasteiger partial charge in [-0.2, -0.15) is 0 Å². The average molecular weight is 395 g/mol. The van der Waals surface area contributed by atoms with Gasteiger partial charge in [0.25, 0.3) is 5.91 Å². The third-order valence-corrected chi connectivity index (χ3v) is 5.41. The maximum Gasteiger partial charge on any atom is 0.340 e. The molecule has 0 bridgehead atoms. The fourth-order valence-electron chi connectivity index (χ4n) is 3.77. The summed E-state index contributed by atoms with van der Waals surface area (Å²) in [4.78, 5) is 38.1. The van der Waals surface area contributed by atoms with Gasteiger partial charge in [0.2, 0.25) is 0 Å². The lowest BCUT2D eigenvalue weighted by Crippen LogP contribution is -2.26. The number of carboxylic acid groups (broad SMARTS) is 1. The number of benzene rings is 1. The molecule has 1 aliphatic carbocycles. The molecule has 1 aliphatic heterocycles. The average Bonchev–Trinajstić information content (AvgIpc) is 2.96. The number of carbonyl (C=O) groups is 3. The van der Waals surface area contributed by atoms with Crippen LogP contribution in [0.25, 0.3) is 6.08 Å². The van der Waals surface area contributed by atoms with Gasteiger partial charge in [-0.05, 0) is 62.8 Å². The Morgan fingerprint density at radius 2 is 1.93 bits per heavy atom. The molecule has 152 valence electrons. The Hall–Kier alpha value is -3.15. The first-order chi connectivity index (χ1) is 13.9. The van der Waals surface area contributed by atoms with Crippen molar-refractivity contribution in [2.45, 2.75) is 39.0 Å². The molecule has 3 rings (SSSR count). The second kappa shape index (κ2) is 8.90. The van der Waals surface area contributed by atoms with E-state index in [1.807, 2.05) is 0 Å². The fraction of sp³-hybridized carbons (Fsp3) is 0.348. The Labute approximate surface area is 170 Å². The lowest BCUT2D eigenvalue weighted by molar-refractivity contribution is -0.136. The summed E-state index contributed by atoms with van der Waals surface area (Å²) in [6.07, 6.45) is 9.20. The largest absolute Gasteiger partial charge is 0.478 e. The summed E-state index contributed by atoms with van der Waals surface area (Å²) in [5, 5.41) is 9.04. The zero-order chi connectivity index (χ0) is 21.0. The van der Waals surface area contributed by atoms with Gasteiger partial charge in [-0.25, -0.2) is 9.59 Å². The number of amides is 1. The van der Waals surface area contributed by atoms with E-state index < -0.39 is 11.9 Å². The Morgan fingerprint density at radius 3 is 2.52 bits per heavy atom. The molecular formula is C23H25NO5. The van der Waals surface area contributed by atoms with Gasteiger partial charge in [-0.15, -0.1) is 0 Å². The number of esters is 1. The minimum atomic E-state index is -1.02. The molecule has 1 amide bonds. The molecule has 1 aromatic carbocycles. The predicted octanol–water partition coefficient (Wildman–Crippen LogP) is 3.95. The van der Waals surface area contributed by atoms with E-state index in [0.717, 1.165) is 19.3 Å². The first-order valence-corrected chi connectivity index (χ1v) is 9.76. The Bertz CT molecular complexity index is 921. The molecule has 0 fully saturated rings. The van der Waals surface area contributed by atoms with E-state index in [2.05, 4.69) is 6.08 Å². The van der Waals surface area contributed by atoms with Crippen molar-refractivity contribution < 1.29 is 24.2 Å². The minimum Gasteiger partial charge on any atom is -0.478 e. The van der Waals surface area contributed by atoms with Gasteiger partial charge in [0.15, 0.2) is 0 Å². The van der Waals surface area contributed by atoms with Crippen LogP contribution in [0, 0.1) is 0 Å². The highest BCUT2D eigenvalue weighted by Crippen LogP contribution is 2.32. The van der Waals surface area contributed by atoms with E-state index in [1.54, 1.807) is 30.0 Å². The summed E-state index contributed by atoms with van der Waals surface area (Å²) in [7, 11) is 1.29. The number of aromatic carboxylic acids is 1. The lowest BCUT2D eigenvalue weighted by atomic mass is 9.97. The van der Waals surface area contributed by atoms with Crippen molar-refractivity contribution >= 4 is 23.9 Å². The monoisotopic (exact) mass is 395 g/mol. The van der Waals surface area contributed by atoms with Crippen molar-refractivity contribution in [1.82, 2.24) is 4.90 Å². The fourth-order valence-corrected chi connectivity index (χ4v) is 3.77. The first-order valence-electron chi connectivity index (χ1n) is 9.76. The maximum absolute atomic E-state index is 13.1. The second-order valence-corrected chi connectivity index (χ2v) is 7.25. The van der Waals surface area contributed by atoms with Crippen molar-refractivity contribution in [2.75, 3.05) is 13.7 Å². The Kier molecular flexibility index (Phi) is 6.32. The zero-order valence-electron chi connectivity index (χ0n) is 16.7. The van der Waals surface area contributed by atoms with Crippen LogP contribution in [0.3, 0.4) is 0 Å². The third kappa shape index (κ3) is 4.47. The number of hydrogen-bond donors (Lipinski definition) is 1. The van der Waals surface area contributed by atoms with Crippen molar-refractivity contribution in [3.8, 4) is 0 Å². The molecule has 1 N–H and O–H groups in total. The SMILES string of the molecule is COC(=O)C1=C(C)N(CCC2=CCCCC2)C(=O)/C1=C\c1ccc(C(=O)O)cc1. The van der Waals surface area contributed by atoms with E-state index in [4.69, 9.17) is 9.84 Å². The number of nitrogens with zero attached hydrogens (tertiary/aromatic N) is 1. The number of allylic oxidation sites excluding steroid dienone is 2. The summed E-state index contributed by atoms with van der Waals surface area (Å²) in [6.45, 7) is 2.28. The number of methoxy groups -OCH3 is 1. The van der Waals surface area contributed by atoms with Gasteiger partial charge >= 0.3 is 11.9 Å². The Morgan fingerprint density at radius 1 is 1.21 bits per heavy atom. The second-order valence-electron chi connectivity index (χ2n) is 7.25. The number of carbonyl (C=O) groups excluding carboxylic acids is 2. The van der Waals surface area contributed by atoms with Crippen LogP contribution in [-0.4, -0.2) is 41.5 Å². The molecule has 0 saturated carbocycles. The van der Waals surface area contributed by atoms with E-state index >= 15 is 0 Å². The van der Waals surface area contributed by atoms with Crippen LogP contribution in [0.2, 0.25) is 0 Å². The molecule has 6 heteroatoms. The molecule has 0 aromatic heterocycles. The molecule has 6 nitrogen and oxygen atoms in total. The van der Waals surface area contributed by atoms with Gasteiger partial charge < -0.3 is 14.7 Å². The van der Waals surface area contributed by atoms with Crippen LogP contribution < -0.4 is 0 Å². The van der Waals surface area contributed by atoms with Crippen LogP contribution >= 0.6 is 0 Å². The number of hydrogen-bond acceptors (Lipinski definition) is 4. The summed E-state index contributed by atoms with van der Waals surface area (Å²) in [6, 6.07) is 6.17. The highest BCUT2D eigenvalue weighted by molar-refractivity contribution is 6.16. The topological polar surface area (TPSA) is 83.9 Å². The van der Waals surface area contributed by atoms with Gasteiger partial charge in [-0.3, -0.25) is 4.79 Å². The smallest absolute Gasteiger partial charge is 0.340 e. The summed E-state index contributed by atoms with van der Waals surface area (Å²) in [5.41, 5.74) is 3.29. The highest BCUT2D eigenvalue weighted by Gasteiger charge is 2.36. The summed E-state index contributed by atoms with van der Waals surface area (Å²) in [5.74, 6) is -1.81. The normalized spacial score (nSPS) is 18.3. The van der Waals surface area contributed by atoms with Gasteiger partial charge in [0, 0.05) is 12.2 Å². The molecule has 29 heavy (non-hydrogen) atoms. The minimum absolute atomic E-state index is 0.159. The van der Waals surface area contributed by atoms with Crippen molar-refractivity contribution in [3.05, 3.63) is 63.9 Å². The molecule has 1 aromatic rings. The summed E-state index contributed by atoms with van der Waals surface area (Å²) < 4.78 is 4.91. The quantitative estimate of drug-likeness (QED) is 0.448. The van der Waals surface area contributed by atoms with Gasteiger partial charge in [-0.1, -0.05) is 23.8 Å². The van der Waals surface area contributed by atoms with E-state index in [9.17, 15) is 14.4 Å². The van der Waals surface area contributed by atoms with Crippen LogP contribution in [0.1, 0.15) is 54.9 Å². The first kappa shape index (κ1) is 20.6. The molecule has 0 saturated heterocycles. The zero-order valence-corrected chi connectivity index (χ0v) is 16.7. The lowest BCUT2D eigenvalue weighted by Gasteiger charge is -2.20. The molecule has 0 atom stereocenters. The molecule has 0 unspecified atom stereocenters. The van der Waals surface area contributed by atoms with E-state index in [-0.39, 0.29) is 22.6 Å². The van der Waals surface area contributed by atoms with E-state index in [1.165, 1.54) is 37.7 Å². The van der Waals surface area contributed by atoms with Crippen LogP contribution in [0.4, 0.5) is 0 Å². The highest BCUT2D eigenvalue weighted by atomic mass is 16.5. The van der Waals surface area contributed by atoms with Gasteiger partial charge in [0.05, 0.1) is 23.8 Å². The molecule has 0 spiro atoms. The van der Waals surface area contributed by atoms with Crippen molar-refractivity contribution in [1.29, 1.82) is 0 Å². The van der Waals surface area contributed by atoms with Crippen molar-refractivity contribution in [3.63, 3.8) is 0 Å². The van der Waals surface area contributed by atoms with Crippen LogP contribution in [0.5, 0.6) is 0 Å². The molecule has 1 heterocycles. The molecule has 2 aliphatic rings. The van der Waals surface area contributed by atoms with Crippen LogP contribution in [-0.2, 0) is 14.3 Å². The van der Waals surface area contributed by atoms with Gasteiger partial charge in [0.1, 0.15) is 0 Å². The number of rotatable bonds is 6. The maximum atomic E-state index is 13.1. The van der Waals surface area contributed by atoms with E-state index in [0.29, 0.717) is 17.8 Å². The third-order valence-electron chi connectivity index (χ3n) is 5.41. The standard InChI is InChI=1S/C23H25NO5/c1-15-20(23(28)29-2)19(14-17-8-10-18(11-9-17)22(26)27)21(25)24(15)13-12-16-6-4-3-5-7-16/h6,8-11,14H,3-5,7,12-13H2,1-2H3,(H,26,27)/b19-14-. The summed E-state index contributed by atoms with van der Waals surface area (Å²) >= 11 is 0. The van der Waals surface area contributed by atoms with Crippen LogP contribution in [0.15, 0.2) is 52.8 Å². The molecule has 0 radical (unpaired) electrons. The predicted molar refractivity (Wildman–Crippen MR) is 109 cm³/mol. The number of carboxylic acids is 1.